The van der Waals surface area contributed by atoms with Crippen LogP contribution in [0.3, 0.4) is 0 Å². The van der Waals surface area contributed by atoms with E-state index in [0.29, 0.717) is 4.57 Å². The van der Waals surface area contributed by atoms with E-state index in [0.717, 1.165) is 12.3 Å². The minimum atomic E-state index is -5.47. The second-order valence-corrected chi connectivity index (χ2v) is 10.6. The number of hydrogen-bond donors (Lipinski definition) is 4. The number of nitrogens with zero attached hydrogens (tertiary/aromatic N) is 2. The van der Waals surface area contributed by atoms with Gasteiger partial charge in [-0.05, 0) is 51.2 Å². The van der Waals surface area contributed by atoms with Crippen molar-refractivity contribution in [1.29, 1.82) is 0 Å². The standard InChI is InChI=1S/C22H26F3N4O8PS/c1-12(2)35-18(31)13(3)28-38(33,37-14-7-5-4-6-8-14)34-11-15-17(30)21(32,22(23,24)25)19(36-15)29-10-9-16(26)27-20(29)39/h4-10,12-13,19,30,32H,11H2,1-3H3,(H,28,33)(H2,26,27,39)/t13-,19+,21?,38?/m0/s1. The molecule has 0 spiro atoms. The highest BCUT2D eigenvalue weighted by Crippen LogP contribution is 2.52. The summed E-state index contributed by atoms with van der Waals surface area (Å²) in [6, 6.07) is 7.39. The molecule has 5 N–H and O–H groups in total. The molecule has 1 aliphatic heterocycles. The number of carbonyl (C=O) groups excluding carboxylic acids is 1. The molecular weight excluding hydrogens is 568 g/mol. The lowest BCUT2D eigenvalue weighted by Crippen LogP contribution is -2.51. The molecule has 0 radical (unpaired) electrons. The summed E-state index contributed by atoms with van der Waals surface area (Å²) in [5.41, 5.74) is 1.51. The molecule has 0 amide bonds. The molecular formula is C22H26F3N4O8PS. The Morgan fingerprint density at radius 2 is 1.95 bits per heavy atom. The lowest BCUT2D eigenvalue weighted by atomic mass is 9.99. The quantitative estimate of drug-likeness (QED) is 0.178. The van der Waals surface area contributed by atoms with E-state index in [-0.39, 0.29) is 11.6 Å². The van der Waals surface area contributed by atoms with Gasteiger partial charge in [0.1, 0.15) is 24.2 Å². The lowest BCUT2D eigenvalue weighted by Gasteiger charge is -2.31. The normalized spacial score (nSPS) is 21.8. The zero-order chi connectivity index (χ0) is 29.2. The molecule has 39 heavy (non-hydrogen) atoms. The maximum Gasteiger partial charge on any atom is 0.459 e. The molecule has 0 bridgehead atoms. The van der Waals surface area contributed by atoms with Crippen LogP contribution in [0.2, 0.25) is 0 Å². The van der Waals surface area contributed by atoms with Crippen molar-refractivity contribution in [3.8, 4) is 5.75 Å². The number of nitrogens with two attached hydrogens (primary N) is 1. The van der Waals surface area contributed by atoms with Crippen molar-refractivity contribution in [3.63, 3.8) is 0 Å². The van der Waals surface area contributed by atoms with E-state index in [1.165, 1.54) is 19.1 Å². The number of anilines is 1. The highest BCUT2D eigenvalue weighted by atomic mass is 32.1. The summed E-state index contributed by atoms with van der Waals surface area (Å²) >= 11 is 4.94. The second-order valence-electron chi connectivity index (χ2n) is 8.56. The van der Waals surface area contributed by atoms with Crippen LogP contribution in [0.1, 0.15) is 27.0 Å². The van der Waals surface area contributed by atoms with E-state index in [2.05, 4.69) is 10.1 Å². The van der Waals surface area contributed by atoms with Gasteiger partial charge >= 0.3 is 19.9 Å². The van der Waals surface area contributed by atoms with Crippen molar-refractivity contribution in [1.82, 2.24) is 14.6 Å². The van der Waals surface area contributed by atoms with Gasteiger partial charge in [0, 0.05) is 6.20 Å². The predicted molar refractivity (Wildman–Crippen MR) is 133 cm³/mol. The van der Waals surface area contributed by atoms with Gasteiger partial charge in [0.2, 0.25) is 11.0 Å². The van der Waals surface area contributed by atoms with Gasteiger partial charge in [0.05, 0.1) is 6.10 Å². The number of para-hydroxylation sites is 1. The van der Waals surface area contributed by atoms with Crippen LogP contribution in [-0.4, -0.2) is 56.3 Å². The van der Waals surface area contributed by atoms with Crippen molar-refractivity contribution in [2.45, 2.75) is 50.9 Å². The summed E-state index contributed by atoms with van der Waals surface area (Å²) in [4.78, 5) is 15.9. The molecule has 214 valence electrons. The predicted octanol–water partition coefficient (Wildman–Crippen LogP) is 3.92. The number of halogens is 3. The molecule has 2 aromatic rings. The summed E-state index contributed by atoms with van der Waals surface area (Å²) in [5.74, 6) is -3.51. The first kappa shape index (κ1) is 30.4. The second kappa shape index (κ2) is 11.5. The first-order valence-electron chi connectivity index (χ1n) is 11.3. The Labute approximate surface area is 225 Å². The fourth-order valence-corrected chi connectivity index (χ4v) is 5.03. The molecule has 4 atom stereocenters. The van der Waals surface area contributed by atoms with Crippen molar-refractivity contribution in [2.75, 3.05) is 12.3 Å². The molecule has 12 nitrogen and oxygen atoms in total. The average Bonchev–Trinajstić information content (AvgIpc) is 3.09. The lowest BCUT2D eigenvalue weighted by molar-refractivity contribution is -0.286. The zero-order valence-corrected chi connectivity index (χ0v) is 22.5. The first-order valence-corrected chi connectivity index (χ1v) is 13.2. The highest BCUT2D eigenvalue weighted by Gasteiger charge is 2.68. The third-order valence-corrected chi connectivity index (χ3v) is 7.09. The fraction of sp³-hybridized carbons (Fsp3) is 0.409. The molecule has 1 aliphatic rings. The molecule has 0 saturated carbocycles. The van der Waals surface area contributed by atoms with Gasteiger partial charge in [-0.15, -0.1) is 0 Å². The number of carbonyl (C=O) groups is 1. The number of ether oxygens (including phenoxy) is 2. The van der Waals surface area contributed by atoms with E-state index < -0.39 is 66.8 Å². The van der Waals surface area contributed by atoms with Crippen LogP contribution in [0.5, 0.6) is 5.75 Å². The third-order valence-electron chi connectivity index (χ3n) is 5.16. The van der Waals surface area contributed by atoms with Crippen LogP contribution in [0.15, 0.2) is 54.1 Å². The minimum Gasteiger partial charge on any atom is -0.506 e. The first-order chi connectivity index (χ1) is 18.1. The van der Waals surface area contributed by atoms with Crippen molar-refractivity contribution < 1.29 is 51.3 Å². The summed E-state index contributed by atoms with van der Waals surface area (Å²) < 4.78 is 76.8. The number of hydrogen-bond acceptors (Lipinski definition) is 11. The van der Waals surface area contributed by atoms with Gasteiger partial charge in [-0.25, -0.2) is 9.55 Å². The van der Waals surface area contributed by atoms with E-state index in [9.17, 15) is 32.7 Å². The Hall–Kier alpha value is -3.17. The third kappa shape index (κ3) is 6.70. The van der Waals surface area contributed by atoms with Crippen molar-refractivity contribution in [2.24, 2.45) is 0 Å². The number of nitrogens with one attached hydrogen (secondary N) is 1. The molecule has 2 unspecified atom stereocenters. The van der Waals surface area contributed by atoms with E-state index in [1.807, 2.05) is 0 Å². The van der Waals surface area contributed by atoms with Crippen LogP contribution in [0, 0.1) is 4.77 Å². The Bertz CT molecular complexity index is 1340. The van der Waals surface area contributed by atoms with Gasteiger partial charge in [0.15, 0.2) is 11.5 Å². The Balaban J connectivity index is 1.93. The van der Waals surface area contributed by atoms with E-state index >= 15 is 0 Å². The maximum atomic E-state index is 14.0. The fourth-order valence-electron chi connectivity index (χ4n) is 3.32. The molecule has 0 aliphatic carbocycles. The molecule has 0 saturated heterocycles. The molecule has 1 aromatic heterocycles. The Morgan fingerprint density at radius 3 is 2.51 bits per heavy atom. The van der Waals surface area contributed by atoms with Crippen molar-refractivity contribution in [3.05, 3.63) is 58.9 Å². The van der Waals surface area contributed by atoms with Crippen LogP contribution < -0.4 is 15.3 Å². The number of aliphatic hydroxyl groups is 2. The van der Waals surface area contributed by atoms with Gasteiger partial charge in [-0.3, -0.25) is 13.9 Å². The smallest absolute Gasteiger partial charge is 0.459 e. The Morgan fingerprint density at radius 1 is 1.31 bits per heavy atom. The van der Waals surface area contributed by atoms with Crippen LogP contribution in [-0.2, 0) is 23.4 Å². The maximum absolute atomic E-state index is 14.0. The number of rotatable bonds is 10. The number of benzene rings is 1. The van der Waals surface area contributed by atoms with Gasteiger partial charge in [-0.2, -0.15) is 18.3 Å². The van der Waals surface area contributed by atoms with Crippen LogP contribution >= 0.6 is 20.0 Å². The van der Waals surface area contributed by atoms with Gasteiger partial charge < -0.3 is 29.9 Å². The summed E-state index contributed by atoms with van der Waals surface area (Å²) in [7, 11) is -4.56. The highest BCUT2D eigenvalue weighted by molar-refractivity contribution is 7.71. The minimum absolute atomic E-state index is 0.0206. The van der Waals surface area contributed by atoms with Crippen molar-refractivity contribution >= 4 is 31.8 Å². The number of aliphatic hydroxyl groups excluding tert-OH is 1. The van der Waals surface area contributed by atoms with E-state index in [1.54, 1.807) is 32.0 Å². The number of aromatic nitrogens is 2. The Kier molecular flexibility index (Phi) is 8.97. The largest absolute Gasteiger partial charge is 0.506 e. The number of alkyl halides is 3. The monoisotopic (exact) mass is 594 g/mol. The number of nitrogen functional groups attached to an aromatic ring is 1. The van der Waals surface area contributed by atoms with E-state index in [4.69, 9.17) is 36.5 Å². The SMILES string of the molecule is CC(C)OC(=O)[C@H](C)NP(=O)(OCC1=C(O)C(O)(C(F)(F)F)[C@H](n2ccc(N)nc2=S)O1)Oc1ccccc1. The molecule has 17 heteroatoms. The average molecular weight is 595 g/mol. The zero-order valence-electron chi connectivity index (χ0n) is 20.8. The number of esters is 1. The molecule has 1 aromatic carbocycles. The van der Waals surface area contributed by atoms with Crippen LogP contribution in [0.4, 0.5) is 19.0 Å². The molecule has 0 fully saturated rings. The summed E-state index contributed by atoms with van der Waals surface area (Å²) in [6.45, 7) is 3.38. The summed E-state index contributed by atoms with van der Waals surface area (Å²) in [6.07, 6.45) is -7.37. The summed E-state index contributed by atoms with van der Waals surface area (Å²) in [5, 5.41) is 23.4. The molecule has 2 heterocycles. The van der Waals surface area contributed by atoms with Crippen LogP contribution in [0.25, 0.3) is 0 Å². The molecule has 3 rings (SSSR count). The van der Waals surface area contributed by atoms with Gasteiger partial charge in [0.25, 0.3) is 5.60 Å². The topological polar surface area (TPSA) is 167 Å². The van der Waals surface area contributed by atoms with Gasteiger partial charge in [-0.1, -0.05) is 18.2 Å².